The summed E-state index contributed by atoms with van der Waals surface area (Å²) in [6, 6.07) is 0. The number of unbranched alkanes of at least 4 members (excludes halogenated alkanes) is 1. The summed E-state index contributed by atoms with van der Waals surface area (Å²) in [5.41, 5.74) is -0.602. The molecule has 1 amide bonds. The van der Waals surface area contributed by atoms with Crippen molar-refractivity contribution in [3.8, 4) is 0 Å². The zero-order valence-electron chi connectivity index (χ0n) is 10.3. The van der Waals surface area contributed by atoms with Crippen molar-refractivity contribution in [2.24, 2.45) is 0 Å². The third-order valence-electron chi connectivity index (χ3n) is 3.10. The van der Waals surface area contributed by atoms with Crippen LogP contribution in [-0.4, -0.2) is 35.7 Å². The highest BCUT2D eigenvalue weighted by Crippen LogP contribution is 2.24. The lowest BCUT2D eigenvalue weighted by atomic mass is 9.86. The van der Waals surface area contributed by atoms with Gasteiger partial charge in [-0.25, -0.2) is 0 Å². The first kappa shape index (κ1) is 14.0. The summed E-state index contributed by atoms with van der Waals surface area (Å²) in [6.45, 7) is 3.05. The van der Waals surface area contributed by atoms with Crippen molar-refractivity contribution in [3.63, 3.8) is 0 Å². The average Bonchev–Trinajstić information content (AvgIpc) is 2.26. The van der Waals surface area contributed by atoms with E-state index in [1.165, 1.54) is 0 Å². The highest BCUT2D eigenvalue weighted by atomic mass is 16.5. The van der Waals surface area contributed by atoms with Gasteiger partial charge in [-0.2, -0.15) is 0 Å². The minimum Gasteiger partial charge on any atom is -0.481 e. The van der Waals surface area contributed by atoms with Gasteiger partial charge in [-0.05, 0) is 19.3 Å². The van der Waals surface area contributed by atoms with Gasteiger partial charge in [-0.3, -0.25) is 9.59 Å². The molecule has 0 atom stereocenters. The number of amides is 1. The van der Waals surface area contributed by atoms with Gasteiger partial charge in [-0.15, -0.1) is 0 Å². The molecule has 1 saturated heterocycles. The third kappa shape index (κ3) is 4.73. The minimum atomic E-state index is -0.873. The Labute approximate surface area is 102 Å². The summed E-state index contributed by atoms with van der Waals surface area (Å²) in [5, 5.41) is 11.8. The first-order valence-corrected chi connectivity index (χ1v) is 6.18. The molecule has 0 bridgehead atoms. The van der Waals surface area contributed by atoms with Crippen molar-refractivity contribution in [2.45, 2.75) is 51.0 Å². The number of hydrogen-bond donors (Lipinski definition) is 2. The molecule has 2 N–H and O–H groups in total. The van der Waals surface area contributed by atoms with Crippen LogP contribution in [0.25, 0.3) is 0 Å². The van der Waals surface area contributed by atoms with Crippen LogP contribution in [0.3, 0.4) is 0 Å². The third-order valence-corrected chi connectivity index (χ3v) is 3.10. The van der Waals surface area contributed by atoms with E-state index in [4.69, 9.17) is 9.84 Å². The fourth-order valence-corrected chi connectivity index (χ4v) is 2.09. The van der Waals surface area contributed by atoms with Crippen LogP contribution in [0.1, 0.15) is 45.4 Å². The number of ether oxygens (including phenoxy) is 1. The van der Waals surface area contributed by atoms with E-state index in [0.29, 0.717) is 32.5 Å². The van der Waals surface area contributed by atoms with Crippen molar-refractivity contribution >= 4 is 11.9 Å². The highest BCUT2D eigenvalue weighted by molar-refractivity contribution is 5.78. The molecule has 1 fully saturated rings. The summed E-state index contributed by atoms with van der Waals surface area (Å²) >= 11 is 0. The summed E-state index contributed by atoms with van der Waals surface area (Å²) < 4.78 is 5.22. The Bertz CT molecular complexity index is 272. The van der Waals surface area contributed by atoms with E-state index < -0.39 is 11.5 Å². The van der Waals surface area contributed by atoms with Gasteiger partial charge in [0.25, 0.3) is 0 Å². The molecule has 5 nitrogen and oxygen atoms in total. The molecule has 98 valence electrons. The van der Waals surface area contributed by atoms with Gasteiger partial charge in [0.15, 0.2) is 0 Å². The summed E-state index contributed by atoms with van der Waals surface area (Å²) in [7, 11) is 0. The molecule has 0 spiro atoms. The Balaban J connectivity index is 2.56. The predicted octanol–water partition coefficient (Wildman–Crippen LogP) is 1.32. The topological polar surface area (TPSA) is 75.6 Å². The van der Waals surface area contributed by atoms with Crippen molar-refractivity contribution in [3.05, 3.63) is 0 Å². The van der Waals surface area contributed by atoms with Gasteiger partial charge in [0.1, 0.15) is 0 Å². The van der Waals surface area contributed by atoms with E-state index in [1.54, 1.807) is 0 Å². The Morgan fingerprint density at radius 3 is 2.53 bits per heavy atom. The molecular formula is C12H21NO4. The maximum absolute atomic E-state index is 11.7. The summed E-state index contributed by atoms with van der Waals surface area (Å²) in [6.07, 6.45) is 3.41. The molecule has 1 rings (SSSR count). The normalized spacial score (nSPS) is 18.6. The Morgan fingerprint density at radius 1 is 1.35 bits per heavy atom. The summed E-state index contributed by atoms with van der Waals surface area (Å²) in [5.74, 6) is -0.919. The molecule has 1 aliphatic heterocycles. The number of rotatable bonds is 6. The lowest BCUT2D eigenvalue weighted by molar-refractivity contribution is -0.140. The van der Waals surface area contributed by atoms with Crippen LogP contribution in [0.2, 0.25) is 0 Å². The number of carbonyl (C=O) groups is 2. The average molecular weight is 243 g/mol. The fourth-order valence-electron chi connectivity index (χ4n) is 2.09. The SMILES string of the molecule is CCCCC(=O)NC1(CC(=O)O)CCOCC1. The number of hydrogen-bond acceptors (Lipinski definition) is 3. The Hall–Kier alpha value is -1.10. The van der Waals surface area contributed by atoms with E-state index in [9.17, 15) is 9.59 Å². The second kappa shape index (κ2) is 6.59. The molecule has 0 aromatic heterocycles. The Kier molecular flexibility index (Phi) is 5.41. The summed E-state index contributed by atoms with van der Waals surface area (Å²) in [4.78, 5) is 22.6. The maximum Gasteiger partial charge on any atom is 0.305 e. The molecule has 0 unspecified atom stereocenters. The van der Waals surface area contributed by atoms with Crippen molar-refractivity contribution in [1.82, 2.24) is 5.32 Å². The van der Waals surface area contributed by atoms with Crippen molar-refractivity contribution in [2.75, 3.05) is 13.2 Å². The zero-order chi connectivity index (χ0) is 12.7. The molecule has 5 heteroatoms. The van der Waals surface area contributed by atoms with E-state index in [-0.39, 0.29) is 12.3 Å². The van der Waals surface area contributed by atoms with E-state index in [2.05, 4.69) is 5.32 Å². The van der Waals surface area contributed by atoms with E-state index >= 15 is 0 Å². The quantitative estimate of drug-likeness (QED) is 0.737. The number of aliphatic carboxylic acids is 1. The molecule has 0 radical (unpaired) electrons. The van der Waals surface area contributed by atoms with Crippen LogP contribution in [0.15, 0.2) is 0 Å². The number of carbonyl (C=O) groups excluding carboxylic acids is 1. The molecular weight excluding hydrogens is 222 g/mol. The van der Waals surface area contributed by atoms with Crippen LogP contribution >= 0.6 is 0 Å². The minimum absolute atomic E-state index is 0.0196. The van der Waals surface area contributed by atoms with Crippen LogP contribution in [0.4, 0.5) is 0 Å². The monoisotopic (exact) mass is 243 g/mol. The van der Waals surface area contributed by atoms with Gasteiger partial charge in [0, 0.05) is 19.6 Å². The first-order chi connectivity index (χ1) is 8.08. The molecule has 0 saturated carbocycles. The fraction of sp³-hybridized carbons (Fsp3) is 0.833. The Morgan fingerprint density at radius 2 is 2.00 bits per heavy atom. The predicted molar refractivity (Wildman–Crippen MR) is 62.7 cm³/mol. The van der Waals surface area contributed by atoms with Gasteiger partial charge in [0.05, 0.1) is 12.0 Å². The standard InChI is InChI=1S/C12H21NO4/c1-2-3-4-10(14)13-12(9-11(15)16)5-7-17-8-6-12/h2-9H2,1H3,(H,13,14)(H,15,16). The largest absolute Gasteiger partial charge is 0.481 e. The highest BCUT2D eigenvalue weighted by Gasteiger charge is 2.36. The molecule has 17 heavy (non-hydrogen) atoms. The smallest absolute Gasteiger partial charge is 0.305 e. The first-order valence-electron chi connectivity index (χ1n) is 6.18. The van der Waals surface area contributed by atoms with Crippen LogP contribution < -0.4 is 5.32 Å². The van der Waals surface area contributed by atoms with E-state index in [0.717, 1.165) is 12.8 Å². The number of carboxylic acids is 1. The molecule has 0 aromatic rings. The maximum atomic E-state index is 11.7. The number of carboxylic acid groups (broad SMARTS) is 1. The molecule has 1 heterocycles. The number of nitrogens with one attached hydrogen (secondary N) is 1. The zero-order valence-corrected chi connectivity index (χ0v) is 10.3. The van der Waals surface area contributed by atoms with Gasteiger partial charge >= 0.3 is 5.97 Å². The lowest BCUT2D eigenvalue weighted by Crippen LogP contribution is -2.53. The van der Waals surface area contributed by atoms with Gasteiger partial charge in [-0.1, -0.05) is 13.3 Å². The van der Waals surface area contributed by atoms with E-state index in [1.807, 2.05) is 6.92 Å². The lowest BCUT2D eigenvalue weighted by Gasteiger charge is -2.36. The van der Waals surface area contributed by atoms with Crippen LogP contribution in [0, 0.1) is 0 Å². The van der Waals surface area contributed by atoms with Crippen LogP contribution in [0.5, 0.6) is 0 Å². The van der Waals surface area contributed by atoms with Crippen molar-refractivity contribution in [1.29, 1.82) is 0 Å². The van der Waals surface area contributed by atoms with Gasteiger partial charge < -0.3 is 15.2 Å². The molecule has 0 aromatic carbocycles. The molecule has 0 aliphatic carbocycles. The van der Waals surface area contributed by atoms with Crippen molar-refractivity contribution < 1.29 is 19.4 Å². The van der Waals surface area contributed by atoms with Gasteiger partial charge in [0.2, 0.25) is 5.91 Å². The second-order valence-corrected chi connectivity index (χ2v) is 4.61. The van der Waals surface area contributed by atoms with Crippen LogP contribution in [-0.2, 0) is 14.3 Å². The molecule has 1 aliphatic rings. The second-order valence-electron chi connectivity index (χ2n) is 4.61.